The number of benzene rings is 1. The standard InChI is InChI=1S/C15H12ClNO2S/c1-10-9-14(20-13(10)7-4-8-18)15(19)17-12-6-3-2-5-11(12)16/h2-3,5-6,9,18H,8H2,1H3,(H,17,19). The van der Waals surface area contributed by atoms with Crippen molar-refractivity contribution in [3.05, 3.63) is 50.7 Å². The smallest absolute Gasteiger partial charge is 0.265 e. The fourth-order valence-electron chi connectivity index (χ4n) is 1.58. The van der Waals surface area contributed by atoms with E-state index in [1.54, 1.807) is 30.3 Å². The molecule has 0 unspecified atom stereocenters. The van der Waals surface area contributed by atoms with Gasteiger partial charge in [-0.15, -0.1) is 11.3 Å². The number of carbonyl (C=O) groups excluding carboxylic acids is 1. The fraction of sp³-hybridized carbons (Fsp3) is 0.133. The summed E-state index contributed by atoms with van der Waals surface area (Å²) in [6.45, 7) is 1.68. The molecule has 20 heavy (non-hydrogen) atoms. The van der Waals surface area contributed by atoms with Crippen LogP contribution in [0.25, 0.3) is 0 Å². The van der Waals surface area contributed by atoms with Crippen LogP contribution in [0.1, 0.15) is 20.1 Å². The second-order valence-corrected chi connectivity index (χ2v) is 5.48. The van der Waals surface area contributed by atoms with E-state index in [2.05, 4.69) is 17.2 Å². The number of hydrogen-bond donors (Lipinski definition) is 2. The van der Waals surface area contributed by atoms with Gasteiger partial charge in [-0.1, -0.05) is 35.6 Å². The molecule has 0 spiro atoms. The Morgan fingerprint density at radius 1 is 1.45 bits per heavy atom. The maximum Gasteiger partial charge on any atom is 0.265 e. The van der Waals surface area contributed by atoms with Gasteiger partial charge in [-0.2, -0.15) is 0 Å². The minimum atomic E-state index is -0.219. The maximum atomic E-state index is 12.1. The Balaban J connectivity index is 2.20. The summed E-state index contributed by atoms with van der Waals surface area (Å²) in [7, 11) is 0. The van der Waals surface area contributed by atoms with Gasteiger partial charge in [0, 0.05) is 0 Å². The molecular weight excluding hydrogens is 294 g/mol. The molecule has 1 amide bonds. The van der Waals surface area contributed by atoms with Crippen molar-refractivity contribution in [2.24, 2.45) is 0 Å². The Labute approximate surface area is 126 Å². The van der Waals surface area contributed by atoms with E-state index < -0.39 is 0 Å². The lowest BCUT2D eigenvalue weighted by atomic mass is 10.2. The van der Waals surface area contributed by atoms with Crippen molar-refractivity contribution in [3.63, 3.8) is 0 Å². The molecule has 2 aromatic rings. The van der Waals surface area contributed by atoms with Crippen molar-refractivity contribution in [1.82, 2.24) is 0 Å². The molecule has 5 heteroatoms. The molecule has 3 nitrogen and oxygen atoms in total. The van der Waals surface area contributed by atoms with Crippen LogP contribution in [-0.4, -0.2) is 17.6 Å². The lowest BCUT2D eigenvalue weighted by Gasteiger charge is -2.04. The predicted octanol–water partition coefficient (Wildman–Crippen LogP) is 3.31. The number of hydrogen-bond acceptors (Lipinski definition) is 3. The van der Waals surface area contributed by atoms with Crippen molar-refractivity contribution in [2.75, 3.05) is 11.9 Å². The van der Waals surface area contributed by atoms with E-state index in [-0.39, 0.29) is 12.5 Å². The molecule has 2 rings (SSSR count). The number of halogens is 1. The number of rotatable bonds is 2. The minimum Gasteiger partial charge on any atom is -0.384 e. The van der Waals surface area contributed by atoms with Gasteiger partial charge < -0.3 is 10.4 Å². The second-order valence-electron chi connectivity index (χ2n) is 4.02. The zero-order chi connectivity index (χ0) is 14.5. The van der Waals surface area contributed by atoms with Gasteiger partial charge in [0.05, 0.1) is 20.5 Å². The van der Waals surface area contributed by atoms with Crippen molar-refractivity contribution < 1.29 is 9.90 Å². The zero-order valence-corrected chi connectivity index (χ0v) is 12.3. The van der Waals surface area contributed by atoms with Crippen LogP contribution in [0.4, 0.5) is 5.69 Å². The molecule has 0 atom stereocenters. The van der Waals surface area contributed by atoms with E-state index in [0.29, 0.717) is 15.6 Å². The number of aryl methyl sites for hydroxylation is 1. The number of thiophene rings is 1. The predicted molar refractivity (Wildman–Crippen MR) is 82.4 cm³/mol. The van der Waals surface area contributed by atoms with E-state index in [4.69, 9.17) is 16.7 Å². The first-order valence-corrected chi connectivity index (χ1v) is 7.07. The van der Waals surface area contributed by atoms with E-state index >= 15 is 0 Å². The van der Waals surface area contributed by atoms with Gasteiger partial charge in [-0.05, 0) is 30.7 Å². The van der Waals surface area contributed by atoms with Crippen molar-refractivity contribution in [1.29, 1.82) is 0 Å². The summed E-state index contributed by atoms with van der Waals surface area (Å²) < 4.78 is 0. The van der Waals surface area contributed by atoms with Crippen LogP contribution >= 0.6 is 22.9 Å². The highest BCUT2D eigenvalue weighted by atomic mass is 35.5. The van der Waals surface area contributed by atoms with Crippen molar-refractivity contribution >= 4 is 34.5 Å². The topological polar surface area (TPSA) is 49.3 Å². The van der Waals surface area contributed by atoms with E-state index in [1.807, 2.05) is 6.92 Å². The first-order chi connectivity index (χ1) is 9.61. The molecule has 1 aromatic carbocycles. The first-order valence-electron chi connectivity index (χ1n) is 5.88. The molecule has 0 radical (unpaired) electrons. The Morgan fingerprint density at radius 3 is 2.90 bits per heavy atom. The Morgan fingerprint density at radius 2 is 2.20 bits per heavy atom. The zero-order valence-electron chi connectivity index (χ0n) is 10.7. The van der Waals surface area contributed by atoms with Crippen LogP contribution in [0.2, 0.25) is 5.02 Å². The van der Waals surface area contributed by atoms with Crippen LogP contribution in [-0.2, 0) is 0 Å². The van der Waals surface area contributed by atoms with Crippen LogP contribution in [0.3, 0.4) is 0 Å². The van der Waals surface area contributed by atoms with Gasteiger partial charge in [0.2, 0.25) is 0 Å². The molecule has 0 aliphatic heterocycles. The number of aliphatic hydroxyl groups excluding tert-OH is 1. The molecule has 0 fully saturated rings. The summed E-state index contributed by atoms with van der Waals surface area (Å²) in [5.41, 5.74) is 1.49. The molecular formula is C15H12ClNO2S. The number of para-hydroxylation sites is 1. The molecule has 0 saturated carbocycles. The third-order valence-electron chi connectivity index (χ3n) is 2.54. The van der Waals surface area contributed by atoms with Crippen LogP contribution in [0.5, 0.6) is 0 Å². The molecule has 102 valence electrons. The average molecular weight is 306 g/mol. The SMILES string of the molecule is Cc1cc(C(=O)Nc2ccccc2Cl)sc1C#CCO. The molecule has 1 heterocycles. The fourth-order valence-corrected chi connectivity index (χ4v) is 2.71. The number of anilines is 1. The highest BCUT2D eigenvalue weighted by molar-refractivity contribution is 7.14. The van der Waals surface area contributed by atoms with Gasteiger partial charge in [-0.25, -0.2) is 0 Å². The van der Waals surface area contributed by atoms with E-state index in [0.717, 1.165) is 10.4 Å². The normalized spacial score (nSPS) is 9.75. The Bertz CT molecular complexity index is 697. The maximum absolute atomic E-state index is 12.1. The highest BCUT2D eigenvalue weighted by Gasteiger charge is 2.12. The summed E-state index contributed by atoms with van der Waals surface area (Å²) in [6, 6.07) is 8.84. The third kappa shape index (κ3) is 3.40. The van der Waals surface area contributed by atoms with Crippen LogP contribution in [0.15, 0.2) is 30.3 Å². The van der Waals surface area contributed by atoms with E-state index in [9.17, 15) is 4.79 Å². The van der Waals surface area contributed by atoms with Crippen LogP contribution < -0.4 is 5.32 Å². The number of aliphatic hydroxyl groups is 1. The largest absolute Gasteiger partial charge is 0.384 e. The monoisotopic (exact) mass is 305 g/mol. The van der Waals surface area contributed by atoms with Crippen molar-refractivity contribution in [3.8, 4) is 11.8 Å². The van der Waals surface area contributed by atoms with Crippen molar-refractivity contribution in [2.45, 2.75) is 6.92 Å². The summed E-state index contributed by atoms with van der Waals surface area (Å²) in [5, 5.41) is 12.0. The van der Waals surface area contributed by atoms with Crippen LogP contribution in [0, 0.1) is 18.8 Å². The summed E-state index contributed by atoms with van der Waals surface area (Å²) in [4.78, 5) is 13.5. The summed E-state index contributed by atoms with van der Waals surface area (Å²) in [6.07, 6.45) is 0. The number of amides is 1. The Hall–Kier alpha value is -1.80. The van der Waals surface area contributed by atoms with Gasteiger partial charge in [0.15, 0.2) is 0 Å². The summed E-state index contributed by atoms with van der Waals surface area (Å²) in [5.74, 6) is 5.19. The first kappa shape index (κ1) is 14.6. The number of carbonyl (C=O) groups is 1. The average Bonchev–Trinajstić information content (AvgIpc) is 2.80. The van der Waals surface area contributed by atoms with E-state index in [1.165, 1.54) is 11.3 Å². The molecule has 0 aliphatic rings. The number of nitrogens with one attached hydrogen (secondary N) is 1. The third-order valence-corrected chi connectivity index (χ3v) is 4.03. The quantitative estimate of drug-likeness (QED) is 0.836. The minimum absolute atomic E-state index is 0.196. The second kappa shape index (κ2) is 6.58. The summed E-state index contributed by atoms with van der Waals surface area (Å²) >= 11 is 7.29. The van der Waals surface area contributed by atoms with Gasteiger partial charge in [0.1, 0.15) is 6.61 Å². The molecule has 0 saturated heterocycles. The van der Waals surface area contributed by atoms with Gasteiger partial charge in [-0.3, -0.25) is 4.79 Å². The molecule has 1 aromatic heterocycles. The lowest BCUT2D eigenvalue weighted by molar-refractivity contribution is 0.103. The highest BCUT2D eigenvalue weighted by Crippen LogP contribution is 2.25. The molecule has 2 N–H and O–H groups in total. The van der Waals surface area contributed by atoms with Gasteiger partial charge >= 0.3 is 0 Å². The lowest BCUT2D eigenvalue weighted by Crippen LogP contribution is -2.10. The molecule has 0 aliphatic carbocycles. The Kier molecular flexibility index (Phi) is 4.80. The molecule has 0 bridgehead atoms. The van der Waals surface area contributed by atoms with Gasteiger partial charge in [0.25, 0.3) is 5.91 Å².